The molecule has 1 aromatic carbocycles. The van der Waals surface area contributed by atoms with Gasteiger partial charge in [0.05, 0.1) is 12.1 Å². The van der Waals surface area contributed by atoms with Gasteiger partial charge in [0.25, 0.3) is 0 Å². The van der Waals surface area contributed by atoms with Gasteiger partial charge in [0.15, 0.2) is 0 Å². The number of aliphatic hydroxyl groups excluding tert-OH is 1. The van der Waals surface area contributed by atoms with Crippen LogP contribution in [0.25, 0.3) is 0 Å². The molecule has 0 radical (unpaired) electrons. The summed E-state index contributed by atoms with van der Waals surface area (Å²) in [5.74, 6) is 0.301. The van der Waals surface area contributed by atoms with Crippen LogP contribution in [-0.4, -0.2) is 54.2 Å². The first kappa shape index (κ1) is 17.2. The van der Waals surface area contributed by atoms with E-state index in [-0.39, 0.29) is 24.0 Å². The molecule has 0 spiro atoms. The molecule has 2 heterocycles. The maximum Gasteiger partial charge on any atom is 0.241 e. The van der Waals surface area contributed by atoms with Gasteiger partial charge in [-0.15, -0.1) is 0 Å². The van der Waals surface area contributed by atoms with Gasteiger partial charge in [-0.25, -0.2) is 0 Å². The topological polar surface area (TPSA) is 55.8 Å². The zero-order valence-corrected chi connectivity index (χ0v) is 14.7. The predicted molar refractivity (Wildman–Crippen MR) is 97.3 cm³/mol. The lowest BCUT2D eigenvalue weighted by molar-refractivity contribution is -0.120. The molecule has 2 fully saturated rings. The molecule has 0 aliphatic carbocycles. The van der Waals surface area contributed by atoms with Crippen LogP contribution in [0.1, 0.15) is 33.1 Å². The van der Waals surface area contributed by atoms with Crippen LogP contribution in [0.3, 0.4) is 0 Å². The second-order valence-electron chi connectivity index (χ2n) is 7.19. The lowest BCUT2D eigenvalue weighted by Gasteiger charge is -2.24. The van der Waals surface area contributed by atoms with Gasteiger partial charge in [-0.3, -0.25) is 9.69 Å². The minimum absolute atomic E-state index is 0.0233. The fourth-order valence-electron chi connectivity index (χ4n) is 3.70. The summed E-state index contributed by atoms with van der Waals surface area (Å²) >= 11 is 0. The summed E-state index contributed by atoms with van der Waals surface area (Å²) in [4.78, 5) is 17.0. The van der Waals surface area contributed by atoms with Gasteiger partial charge >= 0.3 is 0 Å². The summed E-state index contributed by atoms with van der Waals surface area (Å²) in [5, 5.41) is 12.7. The number of hydrogen-bond donors (Lipinski definition) is 2. The molecule has 24 heavy (non-hydrogen) atoms. The third-order valence-electron chi connectivity index (χ3n) is 5.47. The van der Waals surface area contributed by atoms with Crippen molar-refractivity contribution >= 4 is 17.3 Å². The molecule has 1 aromatic rings. The van der Waals surface area contributed by atoms with Gasteiger partial charge in [0.1, 0.15) is 0 Å². The molecule has 2 aliphatic heterocycles. The fraction of sp³-hybridized carbons (Fsp3) is 0.632. The number of rotatable bonds is 5. The zero-order chi connectivity index (χ0) is 17.1. The van der Waals surface area contributed by atoms with E-state index in [2.05, 4.69) is 27.2 Å². The molecular weight excluding hydrogens is 302 g/mol. The smallest absolute Gasteiger partial charge is 0.241 e. The first-order chi connectivity index (χ1) is 11.5. The molecule has 0 saturated carbocycles. The zero-order valence-electron chi connectivity index (χ0n) is 14.7. The van der Waals surface area contributed by atoms with Crippen LogP contribution in [0.4, 0.5) is 11.4 Å². The van der Waals surface area contributed by atoms with Crippen LogP contribution >= 0.6 is 0 Å². The number of nitrogens with one attached hydrogen (secondary N) is 1. The van der Waals surface area contributed by atoms with Gasteiger partial charge in [-0.05, 0) is 69.8 Å². The third-order valence-corrected chi connectivity index (χ3v) is 5.47. The maximum absolute atomic E-state index is 12.5. The first-order valence-corrected chi connectivity index (χ1v) is 9.12. The van der Waals surface area contributed by atoms with Gasteiger partial charge in [0.2, 0.25) is 5.91 Å². The summed E-state index contributed by atoms with van der Waals surface area (Å²) in [6.45, 7) is 7.70. The molecule has 0 bridgehead atoms. The Morgan fingerprint density at radius 1 is 1.17 bits per heavy atom. The number of likely N-dealkylation sites (tertiary alicyclic amines) is 1. The highest BCUT2D eigenvalue weighted by molar-refractivity contribution is 5.94. The average molecular weight is 331 g/mol. The monoisotopic (exact) mass is 331 g/mol. The number of nitrogens with zero attached hydrogens (tertiary/aromatic N) is 2. The Morgan fingerprint density at radius 2 is 1.83 bits per heavy atom. The third kappa shape index (κ3) is 3.90. The molecule has 3 atom stereocenters. The molecule has 2 N–H and O–H groups in total. The van der Waals surface area contributed by atoms with Crippen molar-refractivity contribution in [2.45, 2.75) is 45.3 Å². The highest BCUT2D eigenvalue weighted by atomic mass is 16.3. The number of hydrogen-bond acceptors (Lipinski definition) is 4. The lowest BCUT2D eigenvalue weighted by Crippen LogP contribution is -2.41. The van der Waals surface area contributed by atoms with Crippen LogP contribution in [-0.2, 0) is 4.79 Å². The van der Waals surface area contributed by atoms with Crippen LogP contribution in [0.5, 0.6) is 0 Å². The number of anilines is 2. The Kier molecular flexibility index (Phi) is 5.41. The van der Waals surface area contributed by atoms with Crippen molar-refractivity contribution in [2.24, 2.45) is 5.92 Å². The van der Waals surface area contributed by atoms with E-state index in [1.54, 1.807) is 0 Å². The van der Waals surface area contributed by atoms with Gasteiger partial charge in [0, 0.05) is 31.0 Å². The van der Waals surface area contributed by atoms with E-state index in [0.717, 1.165) is 38.3 Å². The van der Waals surface area contributed by atoms with Gasteiger partial charge in [-0.2, -0.15) is 0 Å². The SMILES string of the molecule is CC(O)C1CCN(C(C)C(=O)Nc2ccc(N3CCCC3)cc2)C1. The summed E-state index contributed by atoms with van der Waals surface area (Å²) in [7, 11) is 0. The molecule has 132 valence electrons. The molecule has 0 aromatic heterocycles. The predicted octanol–water partition coefficient (Wildman–Crippen LogP) is 2.32. The van der Waals surface area contributed by atoms with Crippen molar-refractivity contribution in [1.29, 1.82) is 0 Å². The molecule has 2 aliphatic rings. The van der Waals surface area contributed by atoms with Crippen molar-refractivity contribution in [3.63, 3.8) is 0 Å². The van der Waals surface area contributed by atoms with Crippen LogP contribution in [0, 0.1) is 5.92 Å². The summed E-state index contributed by atoms with van der Waals surface area (Å²) < 4.78 is 0. The van der Waals surface area contributed by atoms with E-state index < -0.39 is 0 Å². The Labute approximate surface area is 144 Å². The van der Waals surface area contributed by atoms with Crippen LogP contribution in [0.2, 0.25) is 0 Å². The molecular formula is C19H29N3O2. The molecule has 1 amide bonds. The van der Waals surface area contributed by atoms with Gasteiger partial charge < -0.3 is 15.3 Å². The average Bonchev–Trinajstić information content (AvgIpc) is 3.26. The second-order valence-corrected chi connectivity index (χ2v) is 7.19. The molecule has 5 heteroatoms. The van der Waals surface area contributed by atoms with Gasteiger partial charge in [-0.1, -0.05) is 0 Å². The summed E-state index contributed by atoms with van der Waals surface area (Å²) in [5.41, 5.74) is 2.08. The molecule has 3 unspecified atom stereocenters. The lowest BCUT2D eigenvalue weighted by atomic mass is 10.0. The number of benzene rings is 1. The van der Waals surface area contributed by atoms with Crippen molar-refractivity contribution in [2.75, 3.05) is 36.4 Å². The number of aliphatic hydroxyl groups is 1. The van der Waals surface area contributed by atoms with E-state index in [9.17, 15) is 9.90 Å². The minimum atomic E-state index is -0.302. The normalized spacial score (nSPS) is 24.1. The number of carbonyl (C=O) groups excluding carboxylic acids is 1. The van der Waals surface area contributed by atoms with E-state index in [0.29, 0.717) is 0 Å². The van der Waals surface area contributed by atoms with Crippen LogP contribution in [0.15, 0.2) is 24.3 Å². The molecule has 3 rings (SSSR count). The Balaban J connectivity index is 1.54. The number of amides is 1. The maximum atomic E-state index is 12.5. The van der Waals surface area contributed by atoms with E-state index >= 15 is 0 Å². The largest absolute Gasteiger partial charge is 0.393 e. The van der Waals surface area contributed by atoms with E-state index in [1.807, 2.05) is 26.0 Å². The highest BCUT2D eigenvalue weighted by Crippen LogP contribution is 2.24. The summed E-state index contributed by atoms with van der Waals surface area (Å²) in [6, 6.07) is 7.98. The van der Waals surface area contributed by atoms with Crippen molar-refractivity contribution in [3.05, 3.63) is 24.3 Å². The molecule has 5 nitrogen and oxygen atoms in total. The highest BCUT2D eigenvalue weighted by Gasteiger charge is 2.31. The van der Waals surface area contributed by atoms with Crippen molar-refractivity contribution < 1.29 is 9.90 Å². The minimum Gasteiger partial charge on any atom is -0.393 e. The standard InChI is InChI=1S/C19H29N3O2/c1-14(22-12-9-16(13-22)15(2)23)19(24)20-17-5-7-18(8-6-17)21-10-3-4-11-21/h5-8,14-16,23H,3-4,9-13H2,1-2H3,(H,20,24). The van der Waals surface area contributed by atoms with E-state index in [4.69, 9.17) is 0 Å². The van der Waals surface area contributed by atoms with Crippen molar-refractivity contribution in [1.82, 2.24) is 4.90 Å². The summed E-state index contributed by atoms with van der Waals surface area (Å²) in [6.07, 6.45) is 3.18. The molecule has 2 saturated heterocycles. The second kappa shape index (κ2) is 7.53. The Morgan fingerprint density at radius 3 is 2.42 bits per heavy atom. The number of carbonyl (C=O) groups is 1. The van der Waals surface area contributed by atoms with Crippen molar-refractivity contribution in [3.8, 4) is 0 Å². The first-order valence-electron chi connectivity index (χ1n) is 9.12. The Bertz CT molecular complexity index is 552. The Hall–Kier alpha value is -1.59. The van der Waals surface area contributed by atoms with E-state index in [1.165, 1.54) is 18.5 Å². The van der Waals surface area contributed by atoms with Crippen LogP contribution < -0.4 is 10.2 Å². The fourth-order valence-corrected chi connectivity index (χ4v) is 3.70. The quantitative estimate of drug-likeness (QED) is 0.869.